The van der Waals surface area contributed by atoms with E-state index in [2.05, 4.69) is 10.3 Å². The van der Waals surface area contributed by atoms with Crippen molar-refractivity contribution >= 4 is 39.2 Å². The lowest BCUT2D eigenvalue weighted by molar-refractivity contribution is -0.120. The van der Waals surface area contributed by atoms with Crippen molar-refractivity contribution in [3.8, 4) is 0 Å². The molecule has 5 nitrogen and oxygen atoms in total. The van der Waals surface area contributed by atoms with Crippen molar-refractivity contribution in [2.75, 3.05) is 0 Å². The number of aromatic nitrogens is 2. The molecule has 2 aliphatic carbocycles. The largest absolute Gasteiger partial charge is 0.352 e. The number of hydrogen-bond donors (Lipinski definition) is 1. The Bertz CT molecular complexity index is 851. The highest BCUT2D eigenvalue weighted by molar-refractivity contribution is 8.00. The first-order valence-corrected chi connectivity index (χ1v) is 9.72. The van der Waals surface area contributed by atoms with E-state index in [4.69, 9.17) is 0 Å². The minimum atomic E-state index is -0.252. The molecule has 0 unspecified atom stereocenters. The third-order valence-electron chi connectivity index (χ3n) is 4.48. The second kappa shape index (κ2) is 5.63. The van der Waals surface area contributed by atoms with Gasteiger partial charge in [0, 0.05) is 18.0 Å². The summed E-state index contributed by atoms with van der Waals surface area (Å²) in [4.78, 5) is 31.7. The fraction of sp³-hybridized carbons (Fsp3) is 0.562. The van der Waals surface area contributed by atoms with E-state index < -0.39 is 0 Å². The number of aryl methyl sites for hydroxylation is 2. The van der Waals surface area contributed by atoms with E-state index in [1.165, 1.54) is 22.2 Å². The summed E-state index contributed by atoms with van der Waals surface area (Å²) < 4.78 is 1.60. The van der Waals surface area contributed by atoms with Gasteiger partial charge < -0.3 is 5.32 Å². The van der Waals surface area contributed by atoms with Crippen LogP contribution < -0.4 is 10.9 Å². The van der Waals surface area contributed by atoms with Gasteiger partial charge in [0.2, 0.25) is 5.91 Å². The Morgan fingerprint density at radius 1 is 1.43 bits per heavy atom. The van der Waals surface area contributed by atoms with Gasteiger partial charge in [-0.15, -0.1) is 11.3 Å². The van der Waals surface area contributed by atoms with Crippen LogP contribution in [-0.4, -0.2) is 26.8 Å². The summed E-state index contributed by atoms with van der Waals surface area (Å²) in [6.07, 6.45) is 5.33. The van der Waals surface area contributed by atoms with Gasteiger partial charge >= 0.3 is 0 Å². The summed E-state index contributed by atoms with van der Waals surface area (Å²) in [7, 11) is 1.75. The van der Waals surface area contributed by atoms with E-state index in [-0.39, 0.29) is 16.7 Å². The van der Waals surface area contributed by atoms with Crippen LogP contribution >= 0.6 is 23.1 Å². The molecule has 1 saturated carbocycles. The summed E-state index contributed by atoms with van der Waals surface area (Å²) in [5.41, 5.74) is 1.22. The van der Waals surface area contributed by atoms with Crippen molar-refractivity contribution in [1.29, 1.82) is 0 Å². The zero-order chi connectivity index (χ0) is 16.1. The van der Waals surface area contributed by atoms with Crippen LogP contribution in [0.25, 0.3) is 10.2 Å². The van der Waals surface area contributed by atoms with E-state index >= 15 is 0 Å². The number of carbonyl (C=O) groups excluding carboxylic acids is 1. The standard InChI is InChI=1S/C16H19N3O2S2/c1-8(13(20)17-9-6-7-9)22-16-18-14-12(15(21)19(16)2)10-4-3-5-11(10)23-14/h8-9H,3-7H2,1-2H3,(H,17,20)/t8-/m0/s1. The van der Waals surface area contributed by atoms with Crippen molar-refractivity contribution in [2.24, 2.45) is 7.05 Å². The average Bonchev–Trinajstić information content (AvgIpc) is 3.09. The highest BCUT2D eigenvalue weighted by Crippen LogP contribution is 2.35. The Morgan fingerprint density at radius 3 is 2.96 bits per heavy atom. The Labute approximate surface area is 142 Å². The molecular formula is C16H19N3O2S2. The number of hydrogen-bond acceptors (Lipinski definition) is 5. The van der Waals surface area contributed by atoms with Gasteiger partial charge in [-0.1, -0.05) is 11.8 Å². The molecule has 0 spiro atoms. The molecule has 4 rings (SSSR count). The molecule has 0 aromatic carbocycles. The SMILES string of the molecule is C[C@H](Sc1nc2sc3c(c2c(=O)n1C)CCC3)C(=O)NC1CC1. The van der Waals surface area contributed by atoms with Crippen LogP contribution in [0.3, 0.4) is 0 Å². The summed E-state index contributed by atoms with van der Waals surface area (Å²) in [5.74, 6) is 0.0283. The van der Waals surface area contributed by atoms with Crippen molar-refractivity contribution in [1.82, 2.24) is 14.9 Å². The molecule has 2 aromatic heterocycles. The number of rotatable bonds is 4. The molecule has 0 bridgehead atoms. The quantitative estimate of drug-likeness (QED) is 0.679. The third-order valence-corrected chi connectivity index (χ3v) is 6.81. The number of carbonyl (C=O) groups is 1. The Morgan fingerprint density at radius 2 is 2.22 bits per heavy atom. The molecule has 1 atom stereocenters. The Hall–Kier alpha value is -1.34. The fourth-order valence-corrected chi connectivity index (χ4v) is 5.15. The summed E-state index contributed by atoms with van der Waals surface area (Å²) in [6.45, 7) is 1.87. The number of nitrogens with one attached hydrogen (secondary N) is 1. The molecule has 1 fully saturated rings. The van der Waals surface area contributed by atoms with Crippen molar-refractivity contribution in [2.45, 2.75) is 55.5 Å². The highest BCUT2D eigenvalue weighted by atomic mass is 32.2. The second-order valence-electron chi connectivity index (χ2n) is 6.34. The van der Waals surface area contributed by atoms with Gasteiger partial charge in [0.15, 0.2) is 5.16 Å². The zero-order valence-corrected chi connectivity index (χ0v) is 14.9. The predicted molar refractivity (Wildman–Crippen MR) is 93.4 cm³/mol. The Kier molecular flexibility index (Phi) is 3.72. The van der Waals surface area contributed by atoms with Crippen molar-refractivity contribution in [3.63, 3.8) is 0 Å². The number of amides is 1. The molecule has 0 radical (unpaired) electrons. The topological polar surface area (TPSA) is 64.0 Å². The summed E-state index contributed by atoms with van der Waals surface area (Å²) in [5, 5.41) is 4.17. The molecule has 0 aliphatic heterocycles. The monoisotopic (exact) mass is 349 g/mol. The normalized spacial score (nSPS) is 18.2. The third kappa shape index (κ3) is 2.70. The van der Waals surface area contributed by atoms with Crippen LogP contribution in [0.5, 0.6) is 0 Å². The first-order valence-electron chi connectivity index (χ1n) is 8.03. The minimum Gasteiger partial charge on any atom is -0.352 e. The second-order valence-corrected chi connectivity index (χ2v) is 8.73. The molecule has 2 aliphatic rings. The van der Waals surface area contributed by atoms with Crippen LogP contribution in [0.15, 0.2) is 9.95 Å². The van der Waals surface area contributed by atoms with E-state index in [1.54, 1.807) is 23.0 Å². The number of thiophene rings is 1. The number of nitrogens with zero attached hydrogens (tertiary/aromatic N) is 2. The maximum Gasteiger partial charge on any atom is 0.262 e. The van der Waals surface area contributed by atoms with Crippen molar-refractivity contribution < 1.29 is 4.79 Å². The Balaban J connectivity index is 1.66. The minimum absolute atomic E-state index is 0.0201. The maximum atomic E-state index is 12.7. The average molecular weight is 349 g/mol. The molecule has 1 N–H and O–H groups in total. The lowest BCUT2D eigenvalue weighted by Gasteiger charge is -2.13. The number of thioether (sulfide) groups is 1. The van der Waals surface area contributed by atoms with Crippen LogP contribution in [0.2, 0.25) is 0 Å². The van der Waals surface area contributed by atoms with Gasteiger partial charge in [0.05, 0.1) is 10.6 Å². The van der Waals surface area contributed by atoms with Gasteiger partial charge in [0.1, 0.15) is 4.83 Å². The molecule has 23 heavy (non-hydrogen) atoms. The van der Waals surface area contributed by atoms with E-state index in [1.807, 2.05) is 6.92 Å². The van der Waals surface area contributed by atoms with Gasteiger partial charge in [-0.3, -0.25) is 14.2 Å². The van der Waals surface area contributed by atoms with E-state index in [9.17, 15) is 9.59 Å². The molecule has 122 valence electrons. The molecule has 1 amide bonds. The molecule has 2 heterocycles. The van der Waals surface area contributed by atoms with E-state index in [0.29, 0.717) is 11.2 Å². The molecule has 7 heteroatoms. The fourth-order valence-electron chi connectivity index (χ4n) is 2.97. The smallest absolute Gasteiger partial charge is 0.262 e. The predicted octanol–water partition coefficient (Wildman–Crippen LogP) is 2.24. The molecular weight excluding hydrogens is 330 g/mol. The highest BCUT2D eigenvalue weighted by Gasteiger charge is 2.27. The first kappa shape index (κ1) is 15.2. The zero-order valence-electron chi connectivity index (χ0n) is 13.2. The van der Waals surface area contributed by atoms with Gasteiger partial charge in [0.25, 0.3) is 5.56 Å². The van der Waals surface area contributed by atoms with Crippen LogP contribution in [0.4, 0.5) is 0 Å². The van der Waals surface area contributed by atoms with Crippen LogP contribution in [-0.2, 0) is 24.7 Å². The van der Waals surface area contributed by atoms with Crippen LogP contribution in [0.1, 0.15) is 36.6 Å². The summed E-state index contributed by atoms with van der Waals surface area (Å²) in [6, 6.07) is 0.352. The number of fused-ring (bicyclic) bond motifs is 3. The molecule has 0 saturated heterocycles. The van der Waals surface area contributed by atoms with Crippen molar-refractivity contribution in [3.05, 3.63) is 20.8 Å². The lowest BCUT2D eigenvalue weighted by Crippen LogP contribution is -2.33. The van der Waals surface area contributed by atoms with E-state index in [0.717, 1.165) is 42.3 Å². The molecule has 2 aromatic rings. The summed E-state index contributed by atoms with van der Waals surface area (Å²) >= 11 is 3.01. The van der Waals surface area contributed by atoms with Gasteiger partial charge in [-0.2, -0.15) is 0 Å². The maximum absolute atomic E-state index is 12.7. The first-order chi connectivity index (χ1) is 11.0. The van der Waals surface area contributed by atoms with Gasteiger partial charge in [-0.25, -0.2) is 4.98 Å². The van der Waals surface area contributed by atoms with Gasteiger partial charge in [-0.05, 0) is 44.6 Å². The lowest BCUT2D eigenvalue weighted by atomic mass is 10.2. The van der Waals surface area contributed by atoms with Crippen LogP contribution in [0, 0.1) is 0 Å².